The second-order valence-electron chi connectivity index (χ2n) is 5.54. The van der Waals surface area contributed by atoms with Crippen molar-refractivity contribution in [2.45, 2.75) is 26.8 Å². The van der Waals surface area contributed by atoms with Crippen LogP contribution >= 0.6 is 0 Å². The van der Waals surface area contributed by atoms with Crippen LogP contribution < -0.4 is 5.32 Å². The number of nitrogens with one attached hydrogen (secondary N) is 1. The Kier molecular flexibility index (Phi) is 4.20. The van der Waals surface area contributed by atoms with E-state index >= 15 is 0 Å². The normalized spacial score (nSPS) is 11.8. The van der Waals surface area contributed by atoms with Crippen LogP contribution in [0, 0.1) is 25.2 Å². The highest BCUT2D eigenvalue weighted by molar-refractivity contribution is 5.56. The molecule has 2 aromatic heterocycles. The highest BCUT2D eigenvalue weighted by Crippen LogP contribution is 2.23. The maximum absolute atomic E-state index is 9.38. The van der Waals surface area contributed by atoms with Crippen molar-refractivity contribution in [3.63, 3.8) is 0 Å². The molecule has 1 atom stereocenters. The topological polar surface area (TPSA) is 92.3 Å². The second kappa shape index (κ2) is 6.46. The van der Waals surface area contributed by atoms with E-state index in [1.165, 1.54) is 6.33 Å². The molecule has 1 N–H and O–H groups in total. The molecular formula is C17H17N7. The van der Waals surface area contributed by atoms with E-state index < -0.39 is 0 Å². The summed E-state index contributed by atoms with van der Waals surface area (Å²) >= 11 is 0. The monoisotopic (exact) mass is 319 g/mol. The van der Waals surface area contributed by atoms with Crippen LogP contribution in [-0.4, -0.2) is 25.0 Å². The predicted octanol–water partition coefficient (Wildman–Crippen LogP) is 2.72. The van der Waals surface area contributed by atoms with Crippen LogP contribution in [0.1, 0.15) is 35.3 Å². The standard InChI is InChI=1S/C17H17N7/c1-11-12(2)22-23-17(16(11)8-18)21-13(3)14-4-6-15(7-5-14)24-10-19-9-20-24/h4-7,9-10,13H,1-3H3,(H,21,23)/t13-/m1/s1. The van der Waals surface area contributed by atoms with Crippen molar-refractivity contribution < 1.29 is 0 Å². The van der Waals surface area contributed by atoms with Gasteiger partial charge in [-0.25, -0.2) is 9.67 Å². The summed E-state index contributed by atoms with van der Waals surface area (Å²) in [6.07, 6.45) is 3.15. The van der Waals surface area contributed by atoms with Crippen molar-refractivity contribution in [2.75, 3.05) is 5.32 Å². The SMILES string of the molecule is Cc1nnc(N[C@H](C)c2ccc(-n3cncn3)cc2)c(C#N)c1C. The Morgan fingerprint density at radius 1 is 1.17 bits per heavy atom. The minimum absolute atomic E-state index is 0.0155. The van der Waals surface area contributed by atoms with Crippen LogP contribution in [-0.2, 0) is 0 Å². The van der Waals surface area contributed by atoms with Crippen molar-refractivity contribution in [3.8, 4) is 11.8 Å². The lowest BCUT2D eigenvalue weighted by Gasteiger charge is -2.17. The van der Waals surface area contributed by atoms with E-state index in [0.717, 1.165) is 22.5 Å². The van der Waals surface area contributed by atoms with Gasteiger partial charge in [0.05, 0.1) is 17.4 Å². The van der Waals surface area contributed by atoms with Gasteiger partial charge in [-0.15, -0.1) is 5.10 Å². The first-order chi connectivity index (χ1) is 11.6. The molecule has 0 saturated carbocycles. The van der Waals surface area contributed by atoms with E-state index in [1.807, 2.05) is 45.0 Å². The smallest absolute Gasteiger partial charge is 0.167 e. The first-order valence-electron chi connectivity index (χ1n) is 7.55. The van der Waals surface area contributed by atoms with Gasteiger partial charge in [-0.1, -0.05) is 12.1 Å². The summed E-state index contributed by atoms with van der Waals surface area (Å²) in [7, 11) is 0. The maximum Gasteiger partial charge on any atom is 0.167 e. The van der Waals surface area contributed by atoms with Gasteiger partial charge in [0.25, 0.3) is 0 Å². The minimum atomic E-state index is -0.0155. The van der Waals surface area contributed by atoms with E-state index in [-0.39, 0.29) is 6.04 Å². The molecule has 0 saturated heterocycles. The van der Waals surface area contributed by atoms with E-state index in [9.17, 15) is 5.26 Å². The Morgan fingerprint density at radius 3 is 2.54 bits per heavy atom. The lowest BCUT2D eigenvalue weighted by atomic mass is 10.1. The maximum atomic E-state index is 9.38. The molecule has 7 nitrogen and oxygen atoms in total. The number of aryl methyl sites for hydroxylation is 1. The van der Waals surface area contributed by atoms with Crippen LogP contribution in [0.3, 0.4) is 0 Å². The van der Waals surface area contributed by atoms with Crippen LogP contribution in [0.25, 0.3) is 5.69 Å². The Bertz CT molecular complexity index is 877. The third-order valence-electron chi connectivity index (χ3n) is 4.00. The van der Waals surface area contributed by atoms with Crippen molar-refractivity contribution in [3.05, 3.63) is 59.3 Å². The van der Waals surface area contributed by atoms with Gasteiger partial charge < -0.3 is 5.32 Å². The molecule has 2 heterocycles. The molecule has 24 heavy (non-hydrogen) atoms. The summed E-state index contributed by atoms with van der Waals surface area (Å²) in [4.78, 5) is 3.94. The summed E-state index contributed by atoms with van der Waals surface area (Å²) in [6, 6.07) is 10.2. The van der Waals surface area contributed by atoms with E-state index in [4.69, 9.17) is 0 Å². The number of anilines is 1. The molecule has 0 amide bonds. The summed E-state index contributed by atoms with van der Waals surface area (Å²) in [5.74, 6) is 0.508. The highest BCUT2D eigenvalue weighted by Gasteiger charge is 2.14. The van der Waals surface area contributed by atoms with E-state index in [2.05, 4.69) is 31.7 Å². The Hall–Kier alpha value is -3.27. The summed E-state index contributed by atoms with van der Waals surface area (Å²) in [5, 5.41) is 25.0. The van der Waals surface area contributed by atoms with Crippen molar-refractivity contribution in [2.24, 2.45) is 0 Å². The third kappa shape index (κ3) is 2.94. The molecule has 0 fully saturated rings. The van der Waals surface area contributed by atoms with Crippen LogP contribution in [0.2, 0.25) is 0 Å². The number of aromatic nitrogens is 5. The molecule has 120 valence electrons. The molecule has 1 aromatic carbocycles. The Morgan fingerprint density at radius 2 is 1.92 bits per heavy atom. The highest BCUT2D eigenvalue weighted by atomic mass is 15.3. The number of hydrogen-bond donors (Lipinski definition) is 1. The fourth-order valence-corrected chi connectivity index (χ4v) is 2.39. The van der Waals surface area contributed by atoms with E-state index in [0.29, 0.717) is 11.4 Å². The third-order valence-corrected chi connectivity index (χ3v) is 4.00. The first-order valence-corrected chi connectivity index (χ1v) is 7.55. The largest absolute Gasteiger partial charge is 0.361 e. The van der Waals surface area contributed by atoms with E-state index in [1.54, 1.807) is 11.0 Å². The number of rotatable bonds is 4. The average molecular weight is 319 g/mol. The predicted molar refractivity (Wildman–Crippen MR) is 89.6 cm³/mol. The van der Waals surface area contributed by atoms with Crippen molar-refractivity contribution in [1.82, 2.24) is 25.0 Å². The zero-order valence-corrected chi connectivity index (χ0v) is 13.7. The quantitative estimate of drug-likeness (QED) is 0.795. The lowest BCUT2D eigenvalue weighted by Crippen LogP contribution is -2.12. The molecule has 0 spiro atoms. The number of nitriles is 1. The van der Waals surface area contributed by atoms with Gasteiger partial charge in [0.2, 0.25) is 0 Å². The van der Waals surface area contributed by atoms with Crippen molar-refractivity contribution >= 4 is 5.82 Å². The summed E-state index contributed by atoms with van der Waals surface area (Å²) in [5.41, 5.74) is 4.16. The van der Waals surface area contributed by atoms with Crippen LogP contribution in [0.15, 0.2) is 36.9 Å². The molecule has 0 radical (unpaired) electrons. The molecule has 3 rings (SSSR count). The van der Waals surface area contributed by atoms with Gasteiger partial charge in [0, 0.05) is 0 Å². The molecule has 0 bridgehead atoms. The lowest BCUT2D eigenvalue weighted by molar-refractivity contribution is 0.843. The Labute approximate surface area is 140 Å². The molecule has 0 aliphatic rings. The zero-order valence-electron chi connectivity index (χ0n) is 13.7. The minimum Gasteiger partial charge on any atom is -0.361 e. The fourth-order valence-electron chi connectivity index (χ4n) is 2.39. The zero-order chi connectivity index (χ0) is 17.1. The van der Waals surface area contributed by atoms with Gasteiger partial charge in [-0.3, -0.25) is 0 Å². The molecule has 0 aliphatic carbocycles. The molecule has 0 aliphatic heterocycles. The molecular weight excluding hydrogens is 302 g/mol. The van der Waals surface area contributed by atoms with Crippen molar-refractivity contribution in [1.29, 1.82) is 5.26 Å². The second-order valence-corrected chi connectivity index (χ2v) is 5.54. The molecule has 0 unspecified atom stereocenters. The molecule has 3 aromatic rings. The number of nitrogens with zero attached hydrogens (tertiary/aromatic N) is 6. The van der Waals surface area contributed by atoms with Crippen LogP contribution in [0.4, 0.5) is 5.82 Å². The first kappa shape index (κ1) is 15.6. The van der Waals surface area contributed by atoms with Gasteiger partial charge in [0.15, 0.2) is 5.82 Å². The van der Waals surface area contributed by atoms with Crippen LogP contribution in [0.5, 0.6) is 0 Å². The van der Waals surface area contributed by atoms with Gasteiger partial charge in [0.1, 0.15) is 24.3 Å². The summed E-state index contributed by atoms with van der Waals surface area (Å²) < 4.78 is 1.70. The number of hydrogen-bond acceptors (Lipinski definition) is 6. The number of benzene rings is 1. The van der Waals surface area contributed by atoms with Gasteiger partial charge in [-0.2, -0.15) is 15.5 Å². The van der Waals surface area contributed by atoms with Gasteiger partial charge in [-0.05, 0) is 44.0 Å². The molecule has 7 heteroatoms. The van der Waals surface area contributed by atoms with Gasteiger partial charge >= 0.3 is 0 Å². The fraction of sp³-hybridized carbons (Fsp3) is 0.235. The Balaban J connectivity index is 1.82. The summed E-state index contributed by atoms with van der Waals surface area (Å²) in [6.45, 7) is 5.74. The average Bonchev–Trinajstić information content (AvgIpc) is 3.13.